The van der Waals surface area contributed by atoms with Crippen LogP contribution in [0.25, 0.3) is 0 Å². The first kappa shape index (κ1) is 16.9. The van der Waals surface area contributed by atoms with Crippen molar-refractivity contribution >= 4 is 35.1 Å². The molecule has 22 heavy (non-hydrogen) atoms. The van der Waals surface area contributed by atoms with Crippen molar-refractivity contribution in [3.8, 4) is 5.75 Å². The molecule has 1 unspecified atom stereocenters. The molecule has 0 bridgehead atoms. The van der Waals surface area contributed by atoms with Crippen molar-refractivity contribution < 1.29 is 19.4 Å². The van der Waals surface area contributed by atoms with E-state index in [1.54, 1.807) is 30.0 Å². The maximum atomic E-state index is 12.4. The Labute approximate surface area is 138 Å². The van der Waals surface area contributed by atoms with Crippen molar-refractivity contribution in [2.24, 2.45) is 5.92 Å². The van der Waals surface area contributed by atoms with Gasteiger partial charge < -0.3 is 14.7 Å². The number of ether oxygens (including phenoxy) is 1. The third kappa shape index (κ3) is 4.05. The molecule has 1 heterocycles. The molecule has 0 saturated carbocycles. The second kappa shape index (κ2) is 7.20. The number of carbonyl (C=O) groups excluding carboxylic acids is 1. The molecule has 1 N–H and O–H groups in total. The lowest BCUT2D eigenvalue weighted by Crippen LogP contribution is -2.47. The number of likely N-dealkylation sites (tertiary alicyclic amines) is 1. The summed E-state index contributed by atoms with van der Waals surface area (Å²) in [6.07, 6.45) is 0.563. The third-order valence-electron chi connectivity index (χ3n) is 3.63. The van der Waals surface area contributed by atoms with E-state index in [-0.39, 0.29) is 12.5 Å². The molecule has 0 spiro atoms. The lowest BCUT2D eigenvalue weighted by atomic mass is 9.98. The molecule has 1 aromatic carbocycles. The van der Waals surface area contributed by atoms with Crippen LogP contribution in [0.5, 0.6) is 5.75 Å². The lowest BCUT2D eigenvalue weighted by molar-refractivity contribution is -0.147. The van der Waals surface area contributed by atoms with E-state index in [1.807, 2.05) is 0 Å². The summed E-state index contributed by atoms with van der Waals surface area (Å²) in [5.74, 6) is -1.15. The van der Waals surface area contributed by atoms with Crippen molar-refractivity contribution in [3.63, 3.8) is 0 Å². The maximum absolute atomic E-state index is 12.4. The molecule has 1 amide bonds. The molecular formula is C15H17Cl2NO4. The fourth-order valence-corrected chi connectivity index (χ4v) is 2.73. The fourth-order valence-electron chi connectivity index (χ4n) is 2.44. The first-order valence-electron chi connectivity index (χ1n) is 7.01. The van der Waals surface area contributed by atoms with Gasteiger partial charge in [0.05, 0.1) is 16.0 Å². The van der Waals surface area contributed by atoms with Gasteiger partial charge in [-0.2, -0.15) is 0 Å². The van der Waals surface area contributed by atoms with Gasteiger partial charge in [-0.25, -0.2) is 0 Å². The summed E-state index contributed by atoms with van der Waals surface area (Å²) in [6, 6.07) is 4.77. The predicted octanol–water partition coefficient (Wildman–Crippen LogP) is 3.08. The van der Waals surface area contributed by atoms with E-state index in [1.165, 1.54) is 0 Å². The minimum atomic E-state index is -0.865. The second-order valence-corrected chi connectivity index (χ2v) is 6.11. The number of carbonyl (C=O) groups is 2. The monoisotopic (exact) mass is 345 g/mol. The minimum absolute atomic E-state index is 0.225. The molecule has 120 valence electrons. The Morgan fingerprint density at radius 3 is 2.73 bits per heavy atom. The Balaban J connectivity index is 1.99. The Morgan fingerprint density at radius 1 is 1.36 bits per heavy atom. The number of aliphatic carboxylic acids is 1. The van der Waals surface area contributed by atoms with Gasteiger partial charge in [-0.3, -0.25) is 9.59 Å². The first-order valence-corrected chi connectivity index (χ1v) is 7.77. The van der Waals surface area contributed by atoms with Gasteiger partial charge in [0.2, 0.25) is 0 Å². The number of hydrogen-bond acceptors (Lipinski definition) is 3. The second-order valence-electron chi connectivity index (χ2n) is 5.30. The summed E-state index contributed by atoms with van der Waals surface area (Å²) < 4.78 is 5.58. The SMILES string of the molecule is CC(Oc1ccc(Cl)c(Cl)c1)C(=O)N1CCC[C@H](C(=O)O)C1. The summed E-state index contributed by atoms with van der Waals surface area (Å²) in [4.78, 5) is 25.0. The Hall–Kier alpha value is -1.46. The zero-order valence-electron chi connectivity index (χ0n) is 12.1. The number of piperidine rings is 1. The van der Waals surface area contributed by atoms with Crippen LogP contribution < -0.4 is 4.74 Å². The number of benzene rings is 1. The summed E-state index contributed by atoms with van der Waals surface area (Å²) in [5.41, 5.74) is 0. The van der Waals surface area contributed by atoms with Crippen LogP contribution >= 0.6 is 23.2 Å². The van der Waals surface area contributed by atoms with Crippen LogP contribution in [0.4, 0.5) is 0 Å². The number of nitrogens with zero attached hydrogens (tertiary/aromatic N) is 1. The smallest absolute Gasteiger partial charge is 0.308 e. The summed E-state index contributed by atoms with van der Waals surface area (Å²) in [6.45, 7) is 2.41. The molecule has 7 heteroatoms. The minimum Gasteiger partial charge on any atom is -0.481 e. The molecule has 1 fully saturated rings. The Bertz CT molecular complexity index is 579. The molecule has 1 aromatic rings. The Kier molecular flexibility index (Phi) is 5.53. The van der Waals surface area contributed by atoms with Crippen LogP contribution in [0, 0.1) is 5.92 Å². The Morgan fingerprint density at radius 2 is 2.09 bits per heavy atom. The van der Waals surface area contributed by atoms with Crippen molar-refractivity contribution in [2.75, 3.05) is 13.1 Å². The first-order chi connectivity index (χ1) is 10.4. The van der Waals surface area contributed by atoms with Crippen LogP contribution in [-0.2, 0) is 9.59 Å². The molecule has 0 aromatic heterocycles. The van der Waals surface area contributed by atoms with E-state index in [4.69, 9.17) is 33.0 Å². The van der Waals surface area contributed by atoms with Crippen LogP contribution in [0.3, 0.4) is 0 Å². The van der Waals surface area contributed by atoms with Crippen molar-refractivity contribution in [1.29, 1.82) is 0 Å². The molecule has 5 nitrogen and oxygen atoms in total. The lowest BCUT2D eigenvalue weighted by Gasteiger charge is -2.32. The number of carboxylic acids is 1. The van der Waals surface area contributed by atoms with Crippen LogP contribution in [0.2, 0.25) is 10.0 Å². The zero-order chi connectivity index (χ0) is 16.3. The maximum Gasteiger partial charge on any atom is 0.308 e. The fraction of sp³-hybridized carbons (Fsp3) is 0.467. The van der Waals surface area contributed by atoms with Gasteiger partial charge in [-0.15, -0.1) is 0 Å². The number of amides is 1. The number of carboxylic acid groups (broad SMARTS) is 1. The van der Waals surface area contributed by atoms with Crippen molar-refractivity contribution in [3.05, 3.63) is 28.2 Å². The molecule has 0 aliphatic carbocycles. The van der Waals surface area contributed by atoms with E-state index < -0.39 is 18.0 Å². The molecule has 1 saturated heterocycles. The average Bonchev–Trinajstić information content (AvgIpc) is 2.50. The quantitative estimate of drug-likeness (QED) is 0.910. The summed E-state index contributed by atoms with van der Waals surface area (Å²) in [7, 11) is 0. The van der Waals surface area contributed by atoms with Gasteiger partial charge in [0.1, 0.15) is 5.75 Å². The highest BCUT2D eigenvalue weighted by Crippen LogP contribution is 2.27. The van der Waals surface area contributed by atoms with Crippen LogP contribution in [0.15, 0.2) is 18.2 Å². The highest BCUT2D eigenvalue weighted by atomic mass is 35.5. The van der Waals surface area contributed by atoms with Crippen molar-refractivity contribution in [1.82, 2.24) is 4.90 Å². The number of halogens is 2. The normalized spacial score (nSPS) is 19.6. The molecule has 1 aliphatic heterocycles. The van der Waals surface area contributed by atoms with E-state index in [0.29, 0.717) is 35.2 Å². The van der Waals surface area contributed by atoms with Gasteiger partial charge in [0.25, 0.3) is 5.91 Å². The van der Waals surface area contributed by atoms with Gasteiger partial charge in [0.15, 0.2) is 6.10 Å². The topological polar surface area (TPSA) is 66.8 Å². The third-order valence-corrected chi connectivity index (χ3v) is 4.37. The standard InChI is InChI=1S/C15H17Cl2NO4/c1-9(22-11-4-5-12(16)13(17)7-11)14(19)18-6-2-3-10(8-18)15(20)21/h4-5,7,9-10H,2-3,6,8H2,1H3,(H,20,21)/t9?,10-/m0/s1. The highest BCUT2D eigenvalue weighted by Gasteiger charge is 2.30. The van der Waals surface area contributed by atoms with Gasteiger partial charge in [0, 0.05) is 19.2 Å². The van der Waals surface area contributed by atoms with E-state index in [0.717, 1.165) is 0 Å². The number of rotatable bonds is 4. The molecule has 1 aliphatic rings. The average molecular weight is 346 g/mol. The van der Waals surface area contributed by atoms with Gasteiger partial charge in [-0.05, 0) is 31.9 Å². The summed E-state index contributed by atoms with van der Waals surface area (Å²) >= 11 is 11.7. The zero-order valence-corrected chi connectivity index (χ0v) is 13.6. The van der Waals surface area contributed by atoms with E-state index >= 15 is 0 Å². The van der Waals surface area contributed by atoms with E-state index in [9.17, 15) is 9.59 Å². The molecule has 0 radical (unpaired) electrons. The number of hydrogen-bond donors (Lipinski definition) is 1. The highest BCUT2D eigenvalue weighted by molar-refractivity contribution is 6.42. The molecule has 2 rings (SSSR count). The summed E-state index contributed by atoms with van der Waals surface area (Å²) in [5, 5.41) is 9.83. The van der Waals surface area contributed by atoms with Crippen LogP contribution in [0.1, 0.15) is 19.8 Å². The van der Waals surface area contributed by atoms with Gasteiger partial charge >= 0.3 is 5.97 Å². The molecular weight excluding hydrogens is 329 g/mol. The van der Waals surface area contributed by atoms with Gasteiger partial charge in [-0.1, -0.05) is 23.2 Å². The van der Waals surface area contributed by atoms with Crippen LogP contribution in [-0.4, -0.2) is 41.1 Å². The largest absolute Gasteiger partial charge is 0.481 e. The van der Waals surface area contributed by atoms with Crippen molar-refractivity contribution in [2.45, 2.75) is 25.9 Å². The van der Waals surface area contributed by atoms with E-state index in [2.05, 4.69) is 0 Å². The molecule has 2 atom stereocenters. The predicted molar refractivity (Wildman–Crippen MR) is 83.5 cm³/mol.